The smallest absolute Gasteiger partial charge is 0.252 e. The SMILES string of the molecule is Cc1ccc(CC(C)NC(=O)c2cc(I)ccc2Br)s1. The van der Waals surface area contributed by atoms with Gasteiger partial charge in [0.05, 0.1) is 5.56 Å². The highest BCUT2D eigenvalue weighted by Gasteiger charge is 2.14. The third kappa shape index (κ3) is 4.30. The molecule has 0 bridgehead atoms. The number of benzene rings is 1. The zero-order valence-corrected chi connectivity index (χ0v) is 15.8. The predicted molar refractivity (Wildman–Crippen MR) is 96.5 cm³/mol. The van der Waals surface area contributed by atoms with Crippen LogP contribution in [0.3, 0.4) is 0 Å². The molecule has 0 fully saturated rings. The standard InChI is InChI=1S/C15H15BrINOS/c1-9(7-12-5-3-10(2)20-12)18-15(19)13-8-11(17)4-6-14(13)16/h3-6,8-9H,7H2,1-2H3,(H,18,19). The van der Waals surface area contributed by atoms with Crippen molar-refractivity contribution in [1.29, 1.82) is 0 Å². The molecule has 1 heterocycles. The molecule has 0 saturated heterocycles. The average Bonchev–Trinajstić information content (AvgIpc) is 2.77. The maximum absolute atomic E-state index is 12.3. The minimum Gasteiger partial charge on any atom is -0.349 e. The molecule has 2 rings (SSSR count). The molecule has 0 saturated carbocycles. The van der Waals surface area contributed by atoms with Gasteiger partial charge in [0.1, 0.15) is 0 Å². The molecule has 2 aromatic rings. The summed E-state index contributed by atoms with van der Waals surface area (Å²) < 4.78 is 1.88. The molecule has 1 unspecified atom stereocenters. The minimum absolute atomic E-state index is 0.0313. The highest BCUT2D eigenvalue weighted by molar-refractivity contribution is 14.1. The summed E-state index contributed by atoms with van der Waals surface area (Å²) in [6, 6.07) is 10.1. The highest BCUT2D eigenvalue weighted by Crippen LogP contribution is 2.20. The molecule has 0 radical (unpaired) electrons. The van der Waals surface area contributed by atoms with Crippen LogP contribution in [0.1, 0.15) is 27.0 Å². The summed E-state index contributed by atoms with van der Waals surface area (Å²) in [5.74, 6) is -0.0313. The van der Waals surface area contributed by atoms with Gasteiger partial charge in [-0.1, -0.05) is 0 Å². The molecule has 0 aliphatic carbocycles. The Morgan fingerprint density at radius 1 is 1.40 bits per heavy atom. The van der Waals surface area contributed by atoms with E-state index >= 15 is 0 Å². The zero-order chi connectivity index (χ0) is 14.7. The first-order valence-electron chi connectivity index (χ1n) is 6.27. The fourth-order valence-corrected chi connectivity index (χ4v) is 3.86. The first kappa shape index (κ1) is 16.0. The fraction of sp³-hybridized carbons (Fsp3) is 0.267. The molecule has 0 spiro atoms. The summed E-state index contributed by atoms with van der Waals surface area (Å²) in [4.78, 5) is 14.9. The van der Waals surface area contributed by atoms with E-state index in [0.717, 1.165) is 14.5 Å². The molecule has 1 N–H and O–H groups in total. The molecular formula is C15H15BrINOS. The van der Waals surface area contributed by atoms with Gasteiger partial charge in [0, 0.05) is 30.3 Å². The van der Waals surface area contributed by atoms with Gasteiger partial charge in [-0.3, -0.25) is 4.79 Å². The van der Waals surface area contributed by atoms with Crippen molar-refractivity contribution in [2.45, 2.75) is 26.3 Å². The third-order valence-electron chi connectivity index (χ3n) is 2.85. The van der Waals surface area contributed by atoms with Crippen LogP contribution in [0, 0.1) is 10.5 Å². The Kier molecular flexibility index (Phi) is 5.63. The number of hydrogen-bond acceptors (Lipinski definition) is 2. The van der Waals surface area contributed by atoms with Crippen LogP contribution in [0.4, 0.5) is 0 Å². The molecule has 106 valence electrons. The second-order valence-electron chi connectivity index (χ2n) is 4.72. The largest absolute Gasteiger partial charge is 0.349 e. The number of nitrogens with one attached hydrogen (secondary N) is 1. The number of hydrogen-bond donors (Lipinski definition) is 1. The number of amides is 1. The summed E-state index contributed by atoms with van der Waals surface area (Å²) in [5, 5.41) is 3.06. The van der Waals surface area contributed by atoms with E-state index in [-0.39, 0.29) is 11.9 Å². The lowest BCUT2D eigenvalue weighted by atomic mass is 10.1. The van der Waals surface area contributed by atoms with Gasteiger partial charge in [0.15, 0.2) is 0 Å². The van der Waals surface area contributed by atoms with Crippen molar-refractivity contribution in [1.82, 2.24) is 5.32 Å². The number of carbonyl (C=O) groups excluding carboxylic acids is 1. The quantitative estimate of drug-likeness (QED) is 0.649. The van der Waals surface area contributed by atoms with E-state index < -0.39 is 0 Å². The molecule has 1 amide bonds. The molecule has 0 aliphatic heterocycles. The lowest BCUT2D eigenvalue weighted by molar-refractivity contribution is 0.0939. The van der Waals surface area contributed by atoms with Crippen molar-refractivity contribution in [2.24, 2.45) is 0 Å². The van der Waals surface area contributed by atoms with Gasteiger partial charge in [-0.15, -0.1) is 11.3 Å². The van der Waals surface area contributed by atoms with Crippen LogP contribution in [0.2, 0.25) is 0 Å². The summed E-state index contributed by atoms with van der Waals surface area (Å²) >= 11 is 7.42. The Balaban J connectivity index is 2.02. The Bertz CT molecular complexity index is 626. The van der Waals surface area contributed by atoms with E-state index in [4.69, 9.17) is 0 Å². The van der Waals surface area contributed by atoms with Crippen molar-refractivity contribution in [3.05, 3.63) is 53.7 Å². The number of aryl methyl sites for hydroxylation is 1. The van der Waals surface area contributed by atoms with Crippen molar-refractivity contribution in [3.8, 4) is 0 Å². The van der Waals surface area contributed by atoms with Crippen LogP contribution in [0.25, 0.3) is 0 Å². The van der Waals surface area contributed by atoms with E-state index in [1.807, 2.05) is 25.1 Å². The Morgan fingerprint density at radius 3 is 2.80 bits per heavy atom. The molecule has 1 aromatic heterocycles. The molecule has 2 nitrogen and oxygen atoms in total. The molecule has 20 heavy (non-hydrogen) atoms. The van der Waals surface area contributed by atoms with Crippen molar-refractivity contribution in [3.63, 3.8) is 0 Å². The molecule has 5 heteroatoms. The molecule has 1 aromatic carbocycles. The van der Waals surface area contributed by atoms with Gasteiger partial charge in [-0.2, -0.15) is 0 Å². The van der Waals surface area contributed by atoms with Crippen LogP contribution in [0.15, 0.2) is 34.8 Å². The number of thiophene rings is 1. The highest BCUT2D eigenvalue weighted by atomic mass is 127. The minimum atomic E-state index is -0.0313. The van der Waals surface area contributed by atoms with Crippen molar-refractivity contribution < 1.29 is 4.79 Å². The van der Waals surface area contributed by atoms with E-state index in [1.165, 1.54) is 9.75 Å². The third-order valence-corrected chi connectivity index (χ3v) is 5.24. The predicted octanol–water partition coefficient (Wildman–Crippen LogP) is 4.78. The average molecular weight is 464 g/mol. The Morgan fingerprint density at radius 2 is 2.15 bits per heavy atom. The van der Waals surface area contributed by atoms with Gasteiger partial charge in [-0.05, 0) is 82.7 Å². The normalized spacial score (nSPS) is 12.2. The lowest BCUT2D eigenvalue weighted by Crippen LogP contribution is -2.34. The second kappa shape index (κ2) is 7.04. The van der Waals surface area contributed by atoms with E-state index in [1.54, 1.807) is 11.3 Å². The van der Waals surface area contributed by atoms with E-state index in [2.05, 4.69) is 62.9 Å². The maximum atomic E-state index is 12.3. The first-order valence-corrected chi connectivity index (χ1v) is 8.96. The van der Waals surface area contributed by atoms with Gasteiger partial charge in [0.2, 0.25) is 0 Å². The van der Waals surface area contributed by atoms with Crippen LogP contribution < -0.4 is 5.32 Å². The zero-order valence-electron chi connectivity index (χ0n) is 11.2. The molecule has 1 atom stereocenters. The van der Waals surface area contributed by atoms with Crippen LogP contribution in [-0.2, 0) is 6.42 Å². The summed E-state index contributed by atoms with van der Waals surface area (Å²) in [7, 11) is 0. The van der Waals surface area contributed by atoms with Gasteiger partial charge < -0.3 is 5.32 Å². The lowest BCUT2D eigenvalue weighted by Gasteiger charge is -2.14. The van der Waals surface area contributed by atoms with E-state index in [0.29, 0.717) is 5.56 Å². The number of rotatable bonds is 4. The summed E-state index contributed by atoms with van der Waals surface area (Å²) in [6.07, 6.45) is 0.867. The topological polar surface area (TPSA) is 29.1 Å². The van der Waals surface area contributed by atoms with Crippen LogP contribution in [-0.4, -0.2) is 11.9 Å². The fourth-order valence-electron chi connectivity index (χ4n) is 1.92. The Hall–Kier alpha value is -0.400. The number of carbonyl (C=O) groups is 1. The summed E-state index contributed by atoms with van der Waals surface area (Å²) in [5.41, 5.74) is 0.686. The van der Waals surface area contributed by atoms with Crippen LogP contribution >= 0.6 is 49.9 Å². The van der Waals surface area contributed by atoms with Crippen molar-refractivity contribution >= 4 is 55.8 Å². The number of halogens is 2. The monoisotopic (exact) mass is 463 g/mol. The van der Waals surface area contributed by atoms with Gasteiger partial charge in [0.25, 0.3) is 5.91 Å². The Labute approximate surface area is 145 Å². The van der Waals surface area contributed by atoms with E-state index in [9.17, 15) is 4.79 Å². The second-order valence-corrected chi connectivity index (χ2v) is 8.19. The van der Waals surface area contributed by atoms with Crippen molar-refractivity contribution in [2.75, 3.05) is 0 Å². The van der Waals surface area contributed by atoms with Gasteiger partial charge >= 0.3 is 0 Å². The first-order chi connectivity index (χ1) is 9.45. The molecule has 0 aliphatic rings. The summed E-state index contributed by atoms with van der Waals surface area (Å²) in [6.45, 7) is 4.13. The maximum Gasteiger partial charge on any atom is 0.252 e. The molecular weight excluding hydrogens is 449 g/mol. The van der Waals surface area contributed by atoms with Crippen LogP contribution in [0.5, 0.6) is 0 Å². The van der Waals surface area contributed by atoms with Gasteiger partial charge in [-0.25, -0.2) is 0 Å².